The van der Waals surface area contributed by atoms with Gasteiger partial charge in [0.15, 0.2) is 0 Å². The first-order valence-electron chi connectivity index (χ1n) is 12.4. The minimum absolute atomic E-state index is 0.0569. The Labute approximate surface area is 217 Å². The van der Waals surface area contributed by atoms with E-state index in [1.807, 2.05) is 5.32 Å². The van der Waals surface area contributed by atoms with Gasteiger partial charge in [0, 0.05) is 11.9 Å². The number of likely N-dealkylation sites (tertiary alicyclic amines) is 1. The molecule has 1 aliphatic carbocycles. The number of benzene rings is 1. The normalized spacial score (nSPS) is 20.8. The van der Waals surface area contributed by atoms with Crippen LogP contribution in [0.5, 0.6) is 5.75 Å². The highest BCUT2D eigenvalue weighted by atomic mass is 19.4. The molecule has 204 valence electrons. The number of imide groups is 1. The molecule has 2 heterocycles. The predicted molar refractivity (Wildman–Crippen MR) is 133 cm³/mol. The summed E-state index contributed by atoms with van der Waals surface area (Å²) in [6.45, 7) is 0. The van der Waals surface area contributed by atoms with Crippen LogP contribution in [0, 0.1) is 11.8 Å². The van der Waals surface area contributed by atoms with E-state index < -0.39 is 47.9 Å². The Kier molecular flexibility index (Phi) is 8.08. The summed E-state index contributed by atoms with van der Waals surface area (Å²) in [5, 5.41) is 4.68. The summed E-state index contributed by atoms with van der Waals surface area (Å²) in [5.74, 6) is -2.43. The van der Waals surface area contributed by atoms with Crippen molar-refractivity contribution in [2.75, 3.05) is 18.2 Å². The zero-order valence-electron chi connectivity index (χ0n) is 20.8. The molecule has 1 aliphatic heterocycles. The van der Waals surface area contributed by atoms with Gasteiger partial charge in [0.05, 0.1) is 13.0 Å². The Morgan fingerprint density at radius 3 is 2.45 bits per heavy atom. The van der Waals surface area contributed by atoms with E-state index in [1.165, 1.54) is 19.4 Å². The smallest absolute Gasteiger partial charge is 0.408 e. The molecule has 4 amide bonds. The molecule has 0 spiro atoms. The summed E-state index contributed by atoms with van der Waals surface area (Å²) >= 11 is 0. The highest BCUT2D eigenvalue weighted by Gasteiger charge is 2.56. The van der Waals surface area contributed by atoms with Crippen molar-refractivity contribution in [1.29, 1.82) is 0 Å². The standard InChI is InChI=1S/C26H30F3N5O4/c1-38-18-9-7-17(8-10-18)32-23(35)21-19(13-15-11-12-31-20(30)14-15)24(36)34(21)25(37)33-22(26(27,28)29)16-5-3-2-4-6-16/h7-12,14,16,19,21-22H,2-6,13H2,1H3,(H2,30,31)(H,32,35)(H,33,37)/t19?,21-,22-/m0/s1. The number of carbonyl (C=O) groups excluding carboxylic acids is 3. The second-order valence-electron chi connectivity index (χ2n) is 9.64. The molecule has 1 unspecified atom stereocenters. The molecular formula is C26H30F3N5O4. The van der Waals surface area contributed by atoms with Crippen LogP contribution in [-0.4, -0.2) is 53.1 Å². The van der Waals surface area contributed by atoms with Crippen molar-refractivity contribution in [3.63, 3.8) is 0 Å². The number of urea groups is 1. The first-order chi connectivity index (χ1) is 18.1. The van der Waals surface area contributed by atoms with E-state index in [2.05, 4.69) is 10.3 Å². The van der Waals surface area contributed by atoms with Crippen LogP contribution in [0.4, 0.5) is 29.5 Å². The molecule has 4 N–H and O–H groups in total. The number of rotatable bonds is 7. The average molecular weight is 534 g/mol. The van der Waals surface area contributed by atoms with Crippen LogP contribution < -0.4 is 21.1 Å². The van der Waals surface area contributed by atoms with Gasteiger partial charge in [-0.1, -0.05) is 19.3 Å². The fraction of sp³-hybridized carbons (Fsp3) is 0.462. The van der Waals surface area contributed by atoms with Crippen LogP contribution in [0.1, 0.15) is 37.7 Å². The number of methoxy groups -OCH3 is 1. The highest BCUT2D eigenvalue weighted by molar-refractivity contribution is 6.12. The van der Waals surface area contributed by atoms with Crippen molar-refractivity contribution in [1.82, 2.24) is 15.2 Å². The van der Waals surface area contributed by atoms with E-state index in [0.29, 0.717) is 47.6 Å². The summed E-state index contributed by atoms with van der Waals surface area (Å²) in [6.07, 6.45) is -0.420. The number of pyridine rings is 1. The summed E-state index contributed by atoms with van der Waals surface area (Å²) < 4.78 is 46.9. The third-order valence-electron chi connectivity index (χ3n) is 7.11. The Balaban J connectivity index is 1.56. The summed E-state index contributed by atoms with van der Waals surface area (Å²) in [6, 6.07) is 4.87. The lowest BCUT2D eigenvalue weighted by molar-refractivity contribution is -0.170. The number of nitrogen functional groups attached to an aromatic ring is 1. The van der Waals surface area contributed by atoms with Crippen LogP contribution in [0.25, 0.3) is 0 Å². The maximum Gasteiger partial charge on any atom is 0.408 e. The van der Waals surface area contributed by atoms with Crippen molar-refractivity contribution >= 4 is 29.4 Å². The van der Waals surface area contributed by atoms with Crippen molar-refractivity contribution in [3.8, 4) is 5.75 Å². The van der Waals surface area contributed by atoms with Gasteiger partial charge in [-0.05, 0) is 67.1 Å². The average Bonchev–Trinajstić information content (AvgIpc) is 2.89. The number of hydrogen-bond donors (Lipinski definition) is 3. The molecule has 4 rings (SSSR count). The molecule has 2 aromatic rings. The number of hydrogen-bond acceptors (Lipinski definition) is 6. The minimum atomic E-state index is -4.69. The number of anilines is 2. The number of nitrogens with zero attached hydrogens (tertiary/aromatic N) is 2. The Morgan fingerprint density at radius 1 is 1.16 bits per heavy atom. The monoisotopic (exact) mass is 533 g/mol. The van der Waals surface area contributed by atoms with Gasteiger partial charge in [-0.3, -0.25) is 14.5 Å². The number of β-lactam (4-membered cyclic amide) rings is 1. The minimum Gasteiger partial charge on any atom is -0.497 e. The van der Waals surface area contributed by atoms with E-state index >= 15 is 0 Å². The van der Waals surface area contributed by atoms with Gasteiger partial charge in [0.1, 0.15) is 23.7 Å². The summed E-state index contributed by atoms with van der Waals surface area (Å²) in [7, 11) is 1.49. The molecule has 1 saturated heterocycles. The number of carbonyl (C=O) groups is 3. The van der Waals surface area contributed by atoms with Crippen LogP contribution in [0.3, 0.4) is 0 Å². The van der Waals surface area contributed by atoms with E-state index in [0.717, 1.165) is 6.42 Å². The molecule has 1 aromatic heterocycles. The second-order valence-corrected chi connectivity index (χ2v) is 9.64. The molecule has 9 nitrogen and oxygen atoms in total. The quantitative estimate of drug-likeness (QED) is 0.464. The van der Waals surface area contributed by atoms with Crippen molar-refractivity contribution in [2.24, 2.45) is 11.8 Å². The number of nitrogens with two attached hydrogens (primary N) is 1. The second kappa shape index (κ2) is 11.3. The molecule has 1 saturated carbocycles. The van der Waals surface area contributed by atoms with Gasteiger partial charge in [-0.15, -0.1) is 0 Å². The van der Waals surface area contributed by atoms with E-state index in [1.54, 1.807) is 30.3 Å². The lowest BCUT2D eigenvalue weighted by atomic mass is 9.81. The zero-order chi connectivity index (χ0) is 27.4. The fourth-order valence-corrected chi connectivity index (χ4v) is 5.18. The molecule has 2 fully saturated rings. The third kappa shape index (κ3) is 6.00. The lowest BCUT2D eigenvalue weighted by Gasteiger charge is -2.45. The van der Waals surface area contributed by atoms with Crippen molar-refractivity contribution in [3.05, 3.63) is 48.2 Å². The van der Waals surface area contributed by atoms with Crippen LogP contribution in [0.15, 0.2) is 42.6 Å². The molecule has 0 radical (unpaired) electrons. The lowest BCUT2D eigenvalue weighted by Crippen LogP contribution is -2.71. The fourth-order valence-electron chi connectivity index (χ4n) is 5.18. The topological polar surface area (TPSA) is 127 Å². The third-order valence-corrected chi connectivity index (χ3v) is 7.11. The molecule has 3 atom stereocenters. The molecule has 38 heavy (non-hydrogen) atoms. The number of alkyl halides is 3. The highest BCUT2D eigenvalue weighted by Crippen LogP contribution is 2.36. The maximum absolute atomic E-state index is 13.9. The number of halogens is 3. The van der Waals surface area contributed by atoms with E-state index in [-0.39, 0.29) is 12.2 Å². The Hall–Kier alpha value is -3.83. The Morgan fingerprint density at radius 2 is 1.84 bits per heavy atom. The maximum atomic E-state index is 13.9. The molecule has 12 heteroatoms. The van der Waals surface area contributed by atoms with Gasteiger partial charge >= 0.3 is 12.2 Å². The number of amides is 4. The van der Waals surface area contributed by atoms with Gasteiger partial charge in [0.25, 0.3) is 0 Å². The summed E-state index contributed by atoms with van der Waals surface area (Å²) in [5.41, 5.74) is 6.70. The van der Waals surface area contributed by atoms with Gasteiger partial charge in [0.2, 0.25) is 11.8 Å². The van der Waals surface area contributed by atoms with Crippen molar-refractivity contribution in [2.45, 2.75) is 56.8 Å². The molecule has 1 aromatic carbocycles. The van der Waals surface area contributed by atoms with Crippen molar-refractivity contribution < 1.29 is 32.3 Å². The molecular weight excluding hydrogens is 503 g/mol. The SMILES string of the molecule is COc1ccc(NC(=O)[C@@H]2C(Cc3ccnc(N)c3)C(=O)N2C(=O)N[C@@H](C2CCCCC2)C(F)(F)F)cc1. The van der Waals surface area contributed by atoms with Crippen LogP contribution in [-0.2, 0) is 16.0 Å². The van der Waals surface area contributed by atoms with Gasteiger partial charge in [-0.25, -0.2) is 9.78 Å². The summed E-state index contributed by atoms with van der Waals surface area (Å²) in [4.78, 5) is 44.0. The van der Waals surface area contributed by atoms with Gasteiger partial charge < -0.3 is 21.1 Å². The zero-order valence-corrected chi connectivity index (χ0v) is 20.8. The first kappa shape index (κ1) is 27.2. The van der Waals surface area contributed by atoms with Crippen LogP contribution in [0.2, 0.25) is 0 Å². The molecule has 0 bridgehead atoms. The number of aromatic nitrogens is 1. The number of ether oxygens (including phenoxy) is 1. The predicted octanol–water partition coefficient (Wildman–Crippen LogP) is 3.90. The van der Waals surface area contributed by atoms with Crippen LogP contribution >= 0.6 is 0 Å². The largest absolute Gasteiger partial charge is 0.497 e. The van der Waals surface area contributed by atoms with E-state index in [4.69, 9.17) is 10.5 Å². The van der Waals surface area contributed by atoms with E-state index in [9.17, 15) is 27.6 Å². The first-order valence-corrected chi connectivity index (χ1v) is 12.4. The van der Waals surface area contributed by atoms with Gasteiger partial charge in [-0.2, -0.15) is 13.2 Å². The molecule has 2 aliphatic rings. The number of nitrogens with one attached hydrogen (secondary N) is 2. The Bertz CT molecular complexity index is 1170.